The van der Waals surface area contributed by atoms with Crippen molar-refractivity contribution in [2.45, 2.75) is 0 Å². The minimum atomic E-state index is -0.513. The summed E-state index contributed by atoms with van der Waals surface area (Å²) in [6.45, 7) is 0. The number of hydrogen-bond acceptors (Lipinski definition) is 6. The van der Waals surface area contributed by atoms with Crippen LogP contribution in [0.2, 0.25) is 5.02 Å². The smallest absolute Gasteiger partial charge is 0.261 e. The summed E-state index contributed by atoms with van der Waals surface area (Å²) in [5.41, 5.74) is 1.37. The van der Waals surface area contributed by atoms with Crippen molar-refractivity contribution < 1.29 is 4.92 Å². The average Bonchev–Trinajstić information content (AvgIpc) is 3.22. The number of nitro groups is 1. The van der Waals surface area contributed by atoms with E-state index in [1.54, 1.807) is 35.3 Å². The fourth-order valence-corrected chi connectivity index (χ4v) is 3.81. The van der Waals surface area contributed by atoms with Crippen molar-refractivity contribution in [3.8, 4) is 10.6 Å². The van der Waals surface area contributed by atoms with Gasteiger partial charge in [0.25, 0.3) is 5.69 Å². The Labute approximate surface area is 150 Å². The topological polar surface area (TPSA) is 72.8 Å². The monoisotopic (exact) mass is 378 g/mol. The first-order valence-corrected chi connectivity index (χ1v) is 8.89. The summed E-state index contributed by atoms with van der Waals surface area (Å²) < 4.78 is 1.72. The van der Waals surface area contributed by atoms with E-state index in [-0.39, 0.29) is 10.7 Å². The molecule has 1 aromatic carbocycles. The lowest BCUT2D eigenvalue weighted by Gasteiger charge is -2.01. The lowest BCUT2D eigenvalue weighted by atomic mass is 10.2. The van der Waals surface area contributed by atoms with Crippen LogP contribution in [0.3, 0.4) is 0 Å². The van der Waals surface area contributed by atoms with Gasteiger partial charge < -0.3 is 0 Å². The van der Waals surface area contributed by atoms with E-state index in [9.17, 15) is 10.1 Å². The van der Waals surface area contributed by atoms with Gasteiger partial charge in [-0.3, -0.25) is 15.1 Å². The highest BCUT2D eigenvalue weighted by atomic mass is 35.5. The fourth-order valence-electron chi connectivity index (χ4n) is 2.03. The molecule has 6 nitrogen and oxygen atoms in total. The van der Waals surface area contributed by atoms with Crippen LogP contribution < -0.4 is 4.80 Å². The molecule has 3 aromatic rings. The Kier molecular flexibility index (Phi) is 4.89. The molecule has 3 rings (SSSR count). The van der Waals surface area contributed by atoms with Gasteiger partial charge in [0, 0.05) is 24.1 Å². The maximum Gasteiger partial charge on any atom is 0.288 e. The third-order valence-corrected chi connectivity index (χ3v) is 5.26. The minimum Gasteiger partial charge on any atom is -0.261 e. The number of halogens is 1. The number of nitro benzene ring substituents is 1. The molecule has 0 amide bonds. The molecule has 0 aliphatic rings. The van der Waals surface area contributed by atoms with E-state index in [1.807, 2.05) is 22.9 Å². The third-order valence-electron chi connectivity index (χ3n) is 3.14. The predicted octanol–water partition coefficient (Wildman–Crippen LogP) is 4.25. The van der Waals surface area contributed by atoms with Crippen molar-refractivity contribution in [2.24, 2.45) is 10.1 Å². The zero-order chi connectivity index (χ0) is 17.1. The highest BCUT2D eigenvalue weighted by molar-refractivity contribution is 7.14. The maximum atomic E-state index is 11.0. The molecule has 0 saturated carbocycles. The van der Waals surface area contributed by atoms with Crippen molar-refractivity contribution in [1.29, 1.82) is 0 Å². The highest BCUT2D eigenvalue weighted by Gasteiger charge is 2.12. The first-order chi connectivity index (χ1) is 11.6. The normalized spacial score (nSPS) is 12.2. The fraction of sp³-hybridized carbons (Fsp3) is 0.0667. The van der Waals surface area contributed by atoms with E-state index in [1.165, 1.54) is 23.5 Å². The second-order valence-corrected chi connectivity index (χ2v) is 6.82. The van der Waals surface area contributed by atoms with Crippen LogP contribution in [0.15, 0.2) is 51.2 Å². The van der Waals surface area contributed by atoms with Gasteiger partial charge in [0.05, 0.1) is 21.7 Å². The average molecular weight is 379 g/mol. The van der Waals surface area contributed by atoms with E-state index in [0.29, 0.717) is 5.56 Å². The molecule has 2 aromatic heterocycles. The van der Waals surface area contributed by atoms with Crippen LogP contribution in [0.4, 0.5) is 5.69 Å². The summed E-state index contributed by atoms with van der Waals surface area (Å²) >= 11 is 8.92. The number of thiophene rings is 1. The molecule has 0 aliphatic carbocycles. The molecule has 122 valence electrons. The molecule has 0 saturated heterocycles. The van der Waals surface area contributed by atoms with E-state index in [0.717, 1.165) is 15.4 Å². The number of hydrogen-bond donors (Lipinski definition) is 0. The molecule has 0 atom stereocenters. The Morgan fingerprint density at radius 3 is 2.83 bits per heavy atom. The Hall–Kier alpha value is -2.29. The van der Waals surface area contributed by atoms with Crippen LogP contribution in [0, 0.1) is 10.1 Å². The quantitative estimate of drug-likeness (QED) is 0.386. The van der Waals surface area contributed by atoms with Gasteiger partial charge in [-0.05, 0) is 17.5 Å². The standard InChI is InChI=1S/C15H11ClN4O2S2/c1-17-15-19(13(9-24-15)14-3-2-6-23-14)18-8-10-4-5-11(16)12(7-10)20(21)22/h2-9H,1H3/b17-15?,18-8-. The van der Waals surface area contributed by atoms with E-state index in [2.05, 4.69) is 10.1 Å². The molecule has 0 fully saturated rings. The summed E-state index contributed by atoms with van der Waals surface area (Å²) in [6.07, 6.45) is 1.56. The van der Waals surface area contributed by atoms with Crippen LogP contribution >= 0.6 is 34.3 Å². The van der Waals surface area contributed by atoms with Crippen LogP contribution in [-0.4, -0.2) is 22.9 Å². The third kappa shape index (κ3) is 3.30. The Morgan fingerprint density at radius 1 is 1.33 bits per heavy atom. The second kappa shape index (κ2) is 7.08. The van der Waals surface area contributed by atoms with Crippen LogP contribution in [0.1, 0.15) is 5.56 Å². The molecular weight excluding hydrogens is 368 g/mol. The Balaban J connectivity index is 2.03. The van der Waals surface area contributed by atoms with Crippen LogP contribution in [-0.2, 0) is 0 Å². The zero-order valence-corrected chi connectivity index (χ0v) is 14.8. The molecule has 0 radical (unpaired) electrons. The zero-order valence-electron chi connectivity index (χ0n) is 12.4. The van der Waals surface area contributed by atoms with Crippen molar-refractivity contribution >= 4 is 46.2 Å². The second-order valence-electron chi connectivity index (χ2n) is 4.63. The van der Waals surface area contributed by atoms with Gasteiger partial charge in [-0.25, -0.2) is 4.68 Å². The molecule has 24 heavy (non-hydrogen) atoms. The SMILES string of the molecule is CN=c1scc(-c2cccs2)n1/N=C\c1ccc(Cl)c([N+](=O)[O-])c1. The Morgan fingerprint density at radius 2 is 2.17 bits per heavy atom. The maximum absolute atomic E-state index is 11.0. The molecule has 0 N–H and O–H groups in total. The molecule has 0 aliphatic heterocycles. The van der Waals surface area contributed by atoms with Crippen molar-refractivity contribution in [2.75, 3.05) is 7.05 Å². The van der Waals surface area contributed by atoms with E-state index in [4.69, 9.17) is 11.6 Å². The largest absolute Gasteiger partial charge is 0.288 e. The summed E-state index contributed by atoms with van der Waals surface area (Å²) in [7, 11) is 1.70. The first-order valence-electron chi connectivity index (χ1n) is 6.75. The number of benzene rings is 1. The summed E-state index contributed by atoms with van der Waals surface area (Å²) in [4.78, 5) is 16.5. The molecule has 2 heterocycles. The van der Waals surface area contributed by atoms with E-state index >= 15 is 0 Å². The molecule has 0 bridgehead atoms. The summed E-state index contributed by atoms with van der Waals surface area (Å²) in [5, 5.41) is 19.5. The van der Waals surface area contributed by atoms with Gasteiger partial charge in [0.2, 0.25) is 4.80 Å². The van der Waals surface area contributed by atoms with E-state index < -0.39 is 4.92 Å². The Bertz CT molecular complexity index is 974. The molecule has 0 spiro atoms. The van der Waals surface area contributed by atoms with Gasteiger partial charge in [-0.2, -0.15) is 5.10 Å². The van der Waals surface area contributed by atoms with Crippen molar-refractivity contribution in [3.05, 3.63) is 66.6 Å². The lowest BCUT2D eigenvalue weighted by molar-refractivity contribution is -0.384. The van der Waals surface area contributed by atoms with Gasteiger partial charge in [0.15, 0.2) is 0 Å². The van der Waals surface area contributed by atoms with Crippen LogP contribution in [0.25, 0.3) is 10.6 Å². The highest BCUT2D eigenvalue weighted by Crippen LogP contribution is 2.26. The number of thiazole rings is 1. The van der Waals surface area contributed by atoms with Gasteiger partial charge in [0.1, 0.15) is 5.02 Å². The molecule has 0 unspecified atom stereocenters. The van der Waals surface area contributed by atoms with Gasteiger partial charge in [-0.1, -0.05) is 23.7 Å². The minimum absolute atomic E-state index is 0.101. The van der Waals surface area contributed by atoms with Crippen molar-refractivity contribution in [1.82, 2.24) is 4.68 Å². The first kappa shape index (κ1) is 16.6. The number of nitrogens with zero attached hydrogens (tertiary/aromatic N) is 4. The summed E-state index contributed by atoms with van der Waals surface area (Å²) in [5.74, 6) is 0. The van der Waals surface area contributed by atoms with Gasteiger partial charge >= 0.3 is 0 Å². The lowest BCUT2D eigenvalue weighted by Crippen LogP contribution is -2.11. The van der Waals surface area contributed by atoms with Gasteiger partial charge in [-0.15, -0.1) is 22.7 Å². The van der Waals surface area contributed by atoms with Crippen molar-refractivity contribution in [3.63, 3.8) is 0 Å². The summed E-state index contributed by atoms with van der Waals surface area (Å²) in [6, 6.07) is 8.54. The predicted molar refractivity (Wildman–Crippen MR) is 98.2 cm³/mol. The van der Waals surface area contributed by atoms with Crippen LogP contribution in [0.5, 0.6) is 0 Å². The molecule has 9 heteroatoms. The number of aromatic nitrogens is 1. The molecular formula is C15H11ClN4O2S2. The number of rotatable bonds is 4.